The molecule has 0 fully saturated rings. The molecule has 0 saturated heterocycles. The van der Waals surface area contributed by atoms with Crippen LogP contribution < -0.4 is 5.32 Å². The summed E-state index contributed by atoms with van der Waals surface area (Å²) in [7, 11) is 1.27. The number of ether oxygens (including phenoxy) is 1. The molecule has 0 aliphatic carbocycles. The van der Waals surface area contributed by atoms with Gasteiger partial charge in [0.15, 0.2) is 11.4 Å². The van der Waals surface area contributed by atoms with Crippen LogP contribution in [-0.4, -0.2) is 24.5 Å². The zero-order valence-electron chi connectivity index (χ0n) is 9.73. The lowest BCUT2D eigenvalue weighted by Gasteiger charge is -2.07. The molecule has 0 radical (unpaired) electrons. The van der Waals surface area contributed by atoms with Crippen molar-refractivity contribution in [2.24, 2.45) is 4.99 Å². The minimum Gasteiger partial charge on any atom is -0.465 e. The van der Waals surface area contributed by atoms with Crippen molar-refractivity contribution in [3.8, 4) is 6.19 Å². The number of hydrogen-bond acceptors (Lipinski definition) is 5. The number of amidine groups is 1. The Hall–Kier alpha value is -1.71. The summed E-state index contributed by atoms with van der Waals surface area (Å²) >= 11 is 7.19. The Bertz CT molecular complexity index is 526. The van der Waals surface area contributed by atoms with Gasteiger partial charge in [-0.05, 0) is 18.4 Å². The predicted molar refractivity (Wildman–Crippen MR) is 72.2 cm³/mol. The average molecular weight is 284 g/mol. The van der Waals surface area contributed by atoms with E-state index in [1.54, 1.807) is 30.6 Å². The number of thioether (sulfide) groups is 1. The number of aliphatic imine (C=N–C) groups is 1. The van der Waals surface area contributed by atoms with Gasteiger partial charge < -0.3 is 4.74 Å². The topological polar surface area (TPSA) is 74.5 Å². The summed E-state index contributed by atoms with van der Waals surface area (Å²) in [4.78, 5) is 15.8. The van der Waals surface area contributed by atoms with Gasteiger partial charge in [0, 0.05) is 0 Å². The van der Waals surface area contributed by atoms with Crippen LogP contribution in [0.15, 0.2) is 23.2 Å². The van der Waals surface area contributed by atoms with Gasteiger partial charge in [-0.1, -0.05) is 29.4 Å². The zero-order valence-corrected chi connectivity index (χ0v) is 11.3. The molecule has 94 valence electrons. The summed E-state index contributed by atoms with van der Waals surface area (Å²) in [6.07, 6.45) is 3.52. The lowest BCUT2D eigenvalue weighted by molar-refractivity contribution is 0.0602. The summed E-state index contributed by atoms with van der Waals surface area (Å²) in [5.41, 5.74) is 0.523. The molecule has 0 unspecified atom stereocenters. The number of hydrogen-bond donors (Lipinski definition) is 1. The highest BCUT2D eigenvalue weighted by atomic mass is 35.5. The van der Waals surface area contributed by atoms with E-state index in [0.29, 0.717) is 10.9 Å². The number of benzene rings is 1. The normalized spacial score (nSPS) is 10.7. The maximum absolute atomic E-state index is 11.6. The van der Waals surface area contributed by atoms with Crippen LogP contribution >= 0.6 is 23.4 Å². The molecule has 5 nitrogen and oxygen atoms in total. The van der Waals surface area contributed by atoms with Crippen molar-refractivity contribution >= 4 is 40.2 Å². The second-order valence-corrected chi connectivity index (χ2v) is 4.19. The third-order valence-electron chi connectivity index (χ3n) is 1.96. The van der Waals surface area contributed by atoms with Crippen LogP contribution in [0.5, 0.6) is 0 Å². The smallest absolute Gasteiger partial charge is 0.341 e. The van der Waals surface area contributed by atoms with Crippen LogP contribution in [0, 0.1) is 11.5 Å². The Balaban J connectivity index is 3.28. The molecule has 0 amide bonds. The van der Waals surface area contributed by atoms with E-state index in [1.807, 2.05) is 0 Å². The maximum Gasteiger partial charge on any atom is 0.341 e. The fraction of sp³-hybridized carbons (Fsp3) is 0.182. The van der Waals surface area contributed by atoms with Crippen LogP contribution in [0.4, 0.5) is 5.69 Å². The molecule has 0 aliphatic rings. The van der Waals surface area contributed by atoms with Gasteiger partial charge in [0.2, 0.25) is 0 Å². The molecule has 0 bridgehead atoms. The van der Waals surface area contributed by atoms with Gasteiger partial charge in [0.25, 0.3) is 0 Å². The summed E-state index contributed by atoms with van der Waals surface area (Å²) in [5.74, 6) is -0.572. The Labute approximate surface area is 114 Å². The molecular weight excluding hydrogens is 274 g/mol. The summed E-state index contributed by atoms with van der Waals surface area (Å²) in [6.45, 7) is 0. The van der Waals surface area contributed by atoms with Gasteiger partial charge in [-0.15, -0.1) is 0 Å². The van der Waals surface area contributed by atoms with E-state index < -0.39 is 5.97 Å². The molecule has 1 aromatic rings. The van der Waals surface area contributed by atoms with Crippen molar-refractivity contribution in [1.29, 1.82) is 5.26 Å². The van der Waals surface area contributed by atoms with E-state index in [2.05, 4.69) is 15.0 Å². The number of rotatable bonds is 2. The number of esters is 1. The minimum atomic E-state index is -0.572. The van der Waals surface area contributed by atoms with Gasteiger partial charge in [0.1, 0.15) is 5.56 Å². The van der Waals surface area contributed by atoms with Gasteiger partial charge in [0.05, 0.1) is 17.8 Å². The van der Waals surface area contributed by atoms with E-state index in [-0.39, 0.29) is 10.6 Å². The Morgan fingerprint density at radius 1 is 1.61 bits per heavy atom. The molecule has 1 aromatic carbocycles. The molecule has 0 aliphatic heterocycles. The highest BCUT2D eigenvalue weighted by Crippen LogP contribution is 2.28. The summed E-state index contributed by atoms with van der Waals surface area (Å²) in [6, 6.07) is 4.86. The number of carbonyl (C=O) groups excluding carboxylic acids is 1. The van der Waals surface area contributed by atoms with Crippen LogP contribution in [0.2, 0.25) is 5.02 Å². The van der Waals surface area contributed by atoms with E-state index in [0.717, 1.165) is 0 Å². The first kappa shape index (κ1) is 14.4. The maximum atomic E-state index is 11.6. The van der Waals surface area contributed by atoms with Crippen molar-refractivity contribution in [2.45, 2.75) is 0 Å². The fourth-order valence-corrected chi connectivity index (χ4v) is 1.78. The van der Waals surface area contributed by atoms with Crippen molar-refractivity contribution < 1.29 is 9.53 Å². The molecule has 0 aromatic heterocycles. The van der Waals surface area contributed by atoms with E-state index in [9.17, 15) is 4.79 Å². The number of nitriles is 1. The van der Waals surface area contributed by atoms with Crippen molar-refractivity contribution in [3.05, 3.63) is 28.8 Å². The quantitative estimate of drug-likeness (QED) is 0.297. The number of nitrogens with one attached hydrogen (secondary N) is 1. The largest absolute Gasteiger partial charge is 0.465 e. The van der Waals surface area contributed by atoms with Gasteiger partial charge in [-0.2, -0.15) is 5.26 Å². The van der Waals surface area contributed by atoms with Crippen molar-refractivity contribution in [3.63, 3.8) is 0 Å². The number of halogens is 1. The lowest BCUT2D eigenvalue weighted by atomic mass is 10.2. The highest BCUT2D eigenvalue weighted by molar-refractivity contribution is 8.13. The molecular formula is C11H10ClN3O2S. The molecule has 0 spiro atoms. The number of carbonyl (C=O) groups is 1. The summed E-state index contributed by atoms with van der Waals surface area (Å²) < 4.78 is 4.65. The molecule has 0 heterocycles. The Morgan fingerprint density at radius 2 is 2.33 bits per heavy atom. The van der Waals surface area contributed by atoms with Crippen LogP contribution in [-0.2, 0) is 4.74 Å². The first-order valence-electron chi connectivity index (χ1n) is 4.78. The minimum absolute atomic E-state index is 0.174. The first-order valence-corrected chi connectivity index (χ1v) is 6.39. The average Bonchev–Trinajstić information content (AvgIpc) is 2.37. The van der Waals surface area contributed by atoms with Crippen molar-refractivity contribution in [2.75, 3.05) is 13.4 Å². The Kier molecular flexibility index (Phi) is 5.49. The van der Waals surface area contributed by atoms with Gasteiger partial charge >= 0.3 is 5.97 Å². The zero-order chi connectivity index (χ0) is 13.5. The Morgan fingerprint density at radius 3 is 2.89 bits per heavy atom. The monoisotopic (exact) mass is 283 g/mol. The van der Waals surface area contributed by atoms with E-state index in [1.165, 1.54) is 18.9 Å². The molecule has 7 heteroatoms. The second-order valence-electron chi connectivity index (χ2n) is 2.98. The lowest BCUT2D eigenvalue weighted by Crippen LogP contribution is -2.13. The second kappa shape index (κ2) is 6.89. The third-order valence-corrected chi connectivity index (χ3v) is 2.85. The fourth-order valence-electron chi connectivity index (χ4n) is 1.19. The SMILES string of the molecule is COC(=O)c1c(Cl)cccc1N=C(NC#N)SC. The standard InChI is InChI=1S/C11H10ClN3O2S/c1-17-10(16)9-7(12)4-3-5-8(9)15-11(18-2)14-6-13/h3-5H,1-2H3,(H,14,15). The van der Waals surface area contributed by atoms with Gasteiger partial charge in [-0.25, -0.2) is 9.79 Å². The highest BCUT2D eigenvalue weighted by Gasteiger charge is 2.16. The van der Waals surface area contributed by atoms with E-state index >= 15 is 0 Å². The van der Waals surface area contributed by atoms with E-state index in [4.69, 9.17) is 16.9 Å². The first-order chi connectivity index (χ1) is 8.63. The third kappa shape index (κ3) is 3.39. The number of nitrogens with zero attached hydrogens (tertiary/aromatic N) is 2. The molecule has 0 atom stereocenters. The summed E-state index contributed by atoms with van der Waals surface area (Å²) in [5, 5.41) is 11.6. The van der Waals surface area contributed by atoms with Gasteiger partial charge in [-0.3, -0.25) is 5.32 Å². The van der Waals surface area contributed by atoms with Crippen LogP contribution in [0.1, 0.15) is 10.4 Å². The number of methoxy groups -OCH3 is 1. The molecule has 0 saturated carbocycles. The van der Waals surface area contributed by atoms with Crippen molar-refractivity contribution in [1.82, 2.24) is 5.32 Å². The van der Waals surface area contributed by atoms with Crippen LogP contribution in [0.25, 0.3) is 0 Å². The molecule has 18 heavy (non-hydrogen) atoms. The van der Waals surface area contributed by atoms with Crippen LogP contribution in [0.3, 0.4) is 0 Å². The predicted octanol–water partition coefficient (Wildman–Crippen LogP) is 2.55. The molecule has 1 N–H and O–H groups in total. The molecule has 1 rings (SSSR count).